The van der Waals surface area contributed by atoms with E-state index in [1.54, 1.807) is 14.2 Å². The number of anilines is 1. The zero-order chi connectivity index (χ0) is 10.4. The molecule has 0 aliphatic rings. The van der Waals surface area contributed by atoms with Gasteiger partial charge in [0.2, 0.25) is 0 Å². The lowest BCUT2D eigenvalue weighted by molar-refractivity contribution is 0.128. The van der Waals surface area contributed by atoms with Gasteiger partial charge >= 0.3 is 0 Å². The maximum absolute atomic E-state index is 5.21. The van der Waals surface area contributed by atoms with Crippen molar-refractivity contribution in [3.63, 3.8) is 0 Å². The van der Waals surface area contributed by atoms with Gasteiger partial charge in [0.25, 0.3) is 0 Å². The molecular weight excluding hydrogens is 178 g/mol. The molecule has 78 valence electrons. The summed E-state index contributed by atoms with van der Waals surface area (Å²) in [5.41, 5.74) is 0.999. The van der Waals surface area contributed by atoms with Crippen molar-refractivity contribution in [2.45, 2.75) is 13.0 Å². The zero-order valence-corrected chi connectivity index (χ0v) is 8.91. The molecule has 0 aliphatic heterocycles. The van der Waals surface area contributed by atoms with Crippen LogP contribution < -0.4 is 10.1 Å². The normalized spacial score (nSPS) is 12.2. The Bertz CT molecular complexity index is 276. The van der Waals surface area contributed by atoms with Gasteiger partial charge in [-0.25, -0.2) is 0 Å². The molecule has 3 heteroatoms. The molecule has 1 atom stereocenters. The molecule has 0 amide bonds. The van der Waals surface area contributed by atoms with E-state index in [1.165, 1.54) is 0 Å². The minimum Gasteiger partial charge on any atom is -0.495 e. The SMILES string of the molecule is COc1ccccc1NCC(C)OC. The van der Waals surface area contributed by atoms with Gasteiger partial charge in [-0.3, -0.25) is 0 Å². The van der Waals surface area contributed by atoms with Crippen LogP contribution in [0.2, 0.25) is 0 Å². The molecule has 1 unspecified atom stereocenters. The summed E-state index contributed by atoms with van der Waals surface area (Å²) in [6.45, 7) is 2.79. The topological polar surface area (TPSA) is 30.5 Å². The largest absolute Gasteiger partial charge is 0.495 e. The Morgan fingerprint density at radius 1 is 1.29 bits per heavy atom. The second kappa shape index (κ2) is 5.50. The third-order valence-electron chi connectivity index (χ3n) is 2.09. The fourth-order valence-electron chi connectivity index (χ4n) is 1.13. The molecule has 0 aromatic heterocycles. The van der Waals surface area contributed by atoms with Gasteiger partial charge in [0.1, 0.15) is 5.75 Å². The predicted molar refractivity (Wildman–Crippen MR) is 58.0 cm³/mol. The molecular formula is C11H17NO2. The van der Waals surface area contributed by atoms with Crippen LogP contribution >= 0.6 is 0 Å². The summed E-state index contributed by atoms with van der Waals surface area (Å²) < 4.78 is 10.4. The van der Waals surface area contributed by atoms with Crippen molar-refractivity contribution in [1.82, 2.24) is 0 Å². The van der Waals surface area contributed by atoms with Crippen molar-refractivity contribution in [2.75, 3.05) is 26.1 Å². The first-order chi connectivity index (χ1) is 6.77. The average molecular weight is 195 g/mol. The van der Waals surface area contributed by atoms with Crippen LogP contribution in [0.15, 0.2) is 24.3 Å². The van der Waals surface area contributed by atoms with Crippen LogP contribution in [0.3, 0.4) is 0 Å². The summed E-state index contributed by atoms with van der Waals surface area (Å²) in [4.78, 5) is 0. The van der Waals surface area contributed by atoms with Gasteiger partial charge < -0.3 is 14.8 Å². The maximum Gasteiger partial charge on any atom is 0.141 e. The van der Waals surface area contributed by atoms with E-state index in [-0.39, 0.29) is 6.10 Å². The molecule has 0 bridgehead atoms. The average Bonchev–Trinajstić information content (AvgIpc) is 2.26. The van der Waals surface area contributed by atoms with E-state index in [9.17, 15) is 0 Å². The Kier molecular flexibility index (Phi) is 4.26. The molecule has 0 fully saturated rings. The molecule has 1 rings (SSSR count). The molecule has 0 spiro atoms. The molecule has 0 saturated heterocycles. The van der Waals surface area contributed by atoms with Crippen LogP contribution in [0, 0.1) is 0 Å². The molecule has 0 aliphatic carbocycles. The van der Waals surface area contributed by atoms with Crippen molar-refractivity contribution in [1.29, 1.82) is 0 Å². The fourth-order valence-corrected chi connectivity index (χ4v) is 1.13. The van der Waals surface area contributed by atoms with Gasteiger partial charge in [-0.2, -0.15) is 0 Å². The van der Waals surface area contributed by atoms with Gasteiger partial charge in [-0.05, 0) is 19.1 Å². The summed E-state index contributed by atoms with van der Waals surface area (Å²) in [6, 6.07) is 7.84. The minimum atomic E-state index is 0.194. The highest BCUT2D eigenvalue weighted by Gasteiger charge is 2.02. The standard InChI is InChI=1S/C11H17NO2/c1-9(13-2)8-12-10-6-4-5-7-11(10)14-3/h4-7,9,12H,8H2,1-3H3. The second-order valence-corrected chi connectivity index (χ2v) is 3.13. The number of benzene rings is 1. The quantitative estimate of drug-likeness (QED) is 0.780. The molecule has 1 aromatic rings. The van der Waals surface area contributed by atoms with Crippen molar-refractivity contribution in [3.05, 3.63) is 24.3 Å². The highest BCUT2D eigenvalue weighted by Crippen LogP contribution is 2.22. The van der Waals surface area contributed by atoms with E-state index in [4.69, 9.17) is 9.47 Å². The summed E-state index contributed by atoms with van der Waals surface area (Å²) in [6.07, 6.45) is 0.194. The molecule has 0 radical (unpaired) electrons. The first-order valence-corrected chi connectivity index (χ1v) is 4.67. The Balaban J connectivity index is 2.57. The first-order valence-electron chi connectivity index (χ1n) is 4.67. The number of methoxy groups -OCH3 is 2. The molecule has 1 N–H and O–H groups in total. The van der Waals surface area contributed by atoms with Gasteiger partial charge in [0.15, 0.2) is 0 Å². The first kappa shape index (κ1) is 10.9. The van der Waals surface area contributed by atoms with Crippen LogP contribution in [0.5, 0.6) is 5.75 Å². The number of para-hydroxylation sites is 2. The lowest BCUT2D eigenvalue weighted by atomic mass is 10.3. The Hall–Kier alpha value is -1.22. The van der Waals surface area contributed by atoms with Crippen molar-refractivity contribution in [2.24, 2.45) is 0 Å². The number of ether oxygens (including phenoxy) is 2. The summed E-state index contributed by atoms with van der Waals surface area (Å²) in [5, 5.41) is 3.26. The van der Waals surface area contributed by atoms with Gasteiger partial charge in [0.05, 0.1) is 18.9 Å². The van der Waals surface area contributed by atoms with E-state index in [2.05, 4.69) is 5.32 Å². The maximum atomic E-state index is 5.21. The van der Waals surface area contributed by atoms with Gasteiger partial charge in [0, 0.05) is 13.7 Å². The fraction of sp³-hybridized carbons (Fsp3) is 0.455. The van der Waals surface area contributed by atoms with Crippen LogP contribution in [-0.2, 0) is 4.74 Å². The van der Waals surface area contributed by atoms with Gasteiger partial charge in [-0.15, -0.1) is 0 Å². The van der Waals surface area contributed by atoms with Crippen LogP contribution in [0.4, 0.5) is 5.69 Å². The number of hydrogen-bond acceptors (Lipinski definition) is 3. The van der Waals surface area contributed by atoms with E-state index in [0.29, 0.717) is 0 Å². The smallest absolute Gasteiger partial charge is 0.141 e. The third kappa shape index (κ3) is 2.92. The predicted octanol–water partition coefficient (Wildman–Crippen LogP) is 2.14. The van der Waals surface area contributed by atoms with Crippen LogP contribution in [0.1, 0.15) is 6.92 Å². The Labute approximate surface area is 85.0 Å². The minimum absolute atomic E-state index is 0.194. The van der Waals surface area contributed by atoms with Crippen molar-refractivity contribution in [3.8, 4) is 5.75 Å². The molecule has 3 nitrogen and oxygen atoms in total. The van der Waals surface area contributed by atoms with E-state index in [1.807, 2.05) is 31.2 Å². The second-order valence-electron chi connectivity index (χ2n) is 3.13. The highest BCUT2D eigenvalue weighted by molar-refractivity contribution is 5.56. The highest BCUT2D eigenvalue weighted by atomic mass is 16.5. The van der Waals surface area contributed by atoms with Crippen LogP contribution in [0.25, 0.3) is 0 Å². The number of nitrogens with one attached hydrogen (secondary N) is 1. The lowest BCUT2D eigenvalue weighted by Gasteiger charge is -2.14. The van der Waals surface area contributed by atoms with Gasteiger partial charge in [-0.1, -0.05) is 12.1 Å². The zero-order valence-electron chi connectivity index (χ0n) is 8.91. The summed E-state index contributed by atoms with van der Waals surface area (Å²) >= 11 is 0. The Morgan fingerprint density at radius 2 is 2.00 bits per heavy atom. The monoisotopic (exact) mass is 195 g/mol. The van der Waals surface area contributed by atoms with E-state index in [0.717, 1.165) is 18.0 Å². The third-order valence-corrected chi connectivity index (χ3v) is 2.09. The van der Waals surface area contributed by atoms with Crippen molar-refractivity contribution < 1.29 is 9.47 Å². The molecule has 14 heavy (non-hydrogen) atoms. The Morgan fingerprint density at radius 3 is 2.64 bits per heavy atom. The number of hydrogen-bond donors (Lipinski definition) is 1. The van der Waals surface area contributed by atoms with E-state index >= 15 is 0 Å². The van der Waals surface area contributed by atoms with Crippen LogP contribution in [-0.4, -0.2) is 26.9 Å². The molecule has 0 heterocycles. The molecule has 0 saturated carbocycles. The van der Waals surface area contributed by atoms with Crippen molar-refractivity contribution >= 4 is 5.69 Å². The number of rotatable bonds is 5. The summed E-state index contributed by atoms with van der Waals surface area (Å²) in [7, 11) is 3.37. The lowest BCUT2D eigenvalue weighted by Crippen LogP contribution is -2.18. The summed E-state index contributed by atoms with van der Waals surface area (Å²) in [5.74, 6) is 0.857. The van der Waals surface area contributed by atoms with E-state index < -0.39 is 0 Å². The molecule has 1 aromatic carbocycles.